The van der Waals surface area contributed by atoms with E-state index in [-0.39, 0.29) is 31.3 Å². The number of ether oxygens (including phenoxy) is 1. The van der Waals surface area contributed by atoms with E-state index in [4.69, 9.17) is 27.9 Å². The molecule has 0 saturated carbocycles. The summed E-state index contributed by atoms with van der Waals surface area (Å²) in [7, 11) is -3.85. The molecular formula is C18H13Cl2N3O6S2. The lowest BCUT2D eigenvalue weighted by Gasteiger charge is -2.10. The average Bonchev–Trinajstić information content (AvgIpc) is 3.25. The zero-order valence-corrected chi connectivity index (χ0v) is 18.5. The van der Waals surface area contributed by atoms with Crippen molar-refractivity contribution in [2.75, 3.05) is 16.6 Å². The molecule has 3 aromatic rings. The summed E-state index contributed by atoms with van der Waals surface area (Å²) in [5.41, 5.74) is -0.304. The van der Waals surface area contributed by atoms with Gasteiger partial charge in [-0.2, -0.15) is 0 Å². The first-order chi connectivity index (χ1) is 14.7. The SMILES string of the molecule is O=C(COC(=O)c1cc(NS(=O)(=O)c2cccs2)ccc1O)Nc1ncc(Cl)cc1Cl. The van der Waals surface area contributed by atoms with Crippen LogP contribution < -0.4 is 10.0 Å². The maximum Gasteiger partial charge on any atom is 0.342 e. The second kappa shape index (κ2) is 9.52. The normalized spacial score (nSPS) is 11.0. The van der Waals surface area contributed by atoms with Crippen molar-refractivity contribution in [2.24, 2.45) is 0 Å². The molecule has 31 heavy (non-hydrogen) atoms. The number of phenolic OH excluding ortho intramolecular Hbond substituents is 1. The number of pyridine rings is 1. The Balaban J connectivity index is 1.66. The summed E-state index contributed by atoms with van der Waals surface area (Å²) in [6.07, 6.45) is 1.27. The fourth-order valence-electron chi connectivity index (χ4n) is 2.27. The Morgan fingerprint density at radius 1 is 1.19 bits per heavy atom. The third-order valence-corrected chi connectivity index (χ3v) is 6.90. The van der Waals surface area contributed by atoms with Crippen LogP contribution in [0.1, 0.15) is 10.4 Å². The van der Waals surface area contributed by atoms with Gasteiger partial charge in [-0.1, -0.05) is 29.3 Å². The third-order valence-electron chi connectivity index (χ3n) is 3.63. The number of carbonyl (C=O) groups is 2. The average molecular weight is 502 g/mol. The summed E-state index contributed by atoms with van der Waals surface area (Å²) in [6.45, 7) is -0.704. The van der Waals surface area contributed by atoms with Crippen LogP contribution in [0.4, 0.5) is 11.5 Å². The molecule has 1 amide bonds. The summed E-state index contributed by atoms with van der Waals surface area (Å²) in [5.74, 6) is -2.20. The Morgan fingerprint density at radius 3 is 2.65 bits per heavy atom. The van der Waals surface area contributed by atoms with Gasteiger partial charge in [0.15, 0.2) is 12.4 Å². The molecule has 13 heteroatoms. The van der Waals surface area contributed by atoms with E-state index in [1.54, 1.807) is 11.4 Å². The van der Waals surface area contributed by atoms with Gasteiger partial charge in [-0.25, -0.2) is 18.2 Å². The van der Waals surface area contributed by atoms with E-state index in [9.17, 15) is 23.1 Å². The number of benzene rings is 1. The van der Waals surface area contributed by atoms with Crippen molar-refractivity contribution in [1.29, 1.82) is 0 Å². The van der Waals surface area contributed by atoms with Crippen LogP contribution in [0.2, 0.25) is 10.0 Å². The number of nitrogens with one attached hydrogen (secondary N) is 2. The molecule has 0 spiro atoms. The van der Waals surface area contributed by atoms with Gasteiger partial charge in [0, 0.05) is 11.9 Å². The second-order valence-corrected chi connectivity index (χ2v) is 9.58. The number of esters is 1. The molecule has 2 heterocycles. The van der Waals surface area contributed by atoms with Crippen LogP contribution in [-0.4, -0.2) is 37.0 Å². The smallest absolute Gasteiger partial charge is 0.342 e. The molecule has 0 aliphatic carbocycles. The fraction of sp³-hybridized carbons (Fsp3) is 0.0556. The lowest BCUT2D eigenvalue weighted by molar-refractivity contribution is -0.119. The highest BCUT2D eigenvalue weighted by Gasteiger charge is 2.19. The molecule has 0 bridgehead atoms. The molecule has 0 unspecified atom stereocenters. The second-order valence-electron chi connectivity index (χ2n) is 5.88. The van der Waals surface area contributed by atoms with Gasteiger partial charge < -0.3 is 15.2 Å². The van der Waals surface area contributed by atoms with Gasteiger partial charge in [-0.05, 0) is 35.7 Å². The lowest BCUT2D eigenvalue weighted by atomic mass is 10.2. The largest absolute Gasteiger partial charge is 0.507 e. The summed E-state index contributed by atoms with van der Waals surface area (Å²) in [6, 6.07) is 7.87. The minimum Gasteiger partial charge on any atom is -0.507 e. The molecule has 3 N–H and O–H groups in total. The molecule has 3 rings (SSSR count). The highest BCUT2D eigenvalue weighted by Crippen LogP contribution is 2.26. The van der Waals surface area contributed by atoms with E-state index >= 15 is 0 Å². The number of phenols is 1. The standard InChI is InChI=1S/C18H13Cl2N3O6S2/c19-10-6-13(20)17(21-8-10)22-15(25)9-29-18(26)12-7-11(3-4-14(12)24)23-31(27,28)16-2-1-5-30-16/h1-8,23-24H,9H2,(H,21,22,25). The highest BCUT2D eigenvalue weighted by molar-refractivity contribution is 7.94. The van der Waals surface area contributed by atoms with Crippen LogP contribution in [0.3, 0.4) is 0 Å². The van der Waals surface area contributed by atoms with Gasteiger partial charge in [0.2, 0.25) is 0 Å². The first kappa shape index (κ1) is 22.8. The number of halogens is 2. The Bertz CT molecular complexity index is 1230. The minimum atomic E-state index is -3.85. The van der Waals surface area contributed by atoms with Crippen molar-refractivity contribution in [3.8, 4) is 5.75 Å². The quantitative estimate of drug-likeness (QED) is 0.331. The molecular weight excluding hydrogens is 489 g/mol. The Labute approximate surface area is 190 Å². The van der Waals surface area contributed by atoms with Gasteiger partial charge in [-0.3, -0.25) is 9.52 Å². The van der Waals surface area contributed by atoms with Crippen molar-refractivity contribution >= 4 is 67.9 Å². The zero-order valence-electron chi connectivity index (χ0n) is 15.3. The van der Waals surface area contributed by atoms with Crippen molar-refractivity contribution in [2.45, 2.75) is 4.21 Å². The maximum atomic E-state index is 12.3. The highest BCUT2D eigenvalue weighted by atomic mass is 35.5. The van der Waals surface area contributed by atoms with Crippen molar-refractivity contribution in [3.05, 3.63) is 63.6 Å². The number of hydrogen-bond acceptors (Lipinski definition) is 8. The molecule has 9 nitrogen and oxygen atoms in total. The molecule has 0 atom stereocenters. The molecule has 0 fully saturated rings. The van der Waals surface area contributed by atoms with Crippen LogP contribution in [0.5, 0.6) is 5.75 Å². The van der Waals surface area contributed by atoms with Crippen LogP contribution >= 0.6 is 34.5 Å². The number of sulfonamides is 1. The van der Waals surface area contributed by atoms with Crippen LogP contribution in [-0.2, 0) is 19.6 Å². The van der Waals surface area contributed by atoms with Gasteiger partial charge in [0.1, 0.15) is 15.5 Å². The number of anilines is 2. The minimum absolute atomic E-state index is 0.0275. The number of hydrogen-bond donors (Lipinski definition) is 3. The molecule has 1 aromatic carbocycles. The predicted octanol–water partition coefficient (Wildman–Crippen LogP) is 3.75. The first-order valence-electron chi connectivity index (χ1n) is 8.33. The Morgan fingerprint density at radius 2 is 1.97 bits per heavy atom. The molecule has 162 valence electrons. The van der Waals surface area contributed by atoms with E-state index in [2.05, 4.69) is 15.0 Å². The maximum absolute atomic E-state index is 12.3. The molecule has 0 radical (unpaired) electrons. The van der Waals surface area contributed by atoms with Crippen molar-refractivity contribution in [3.63, 3.8) is 0 Å². The summed E-state index contributed by atoms with van der Waals surface area (Å²) in [4.78, 5) is 28.1. The summed E-state index contributed by atoms with van der Waals surface area (Å²) >= 11 is 12.6. The van der Waals surface area contributed by atoms with E-state index in [1.807, 2.05) is 0 Å². The predicted molar refractivity (Wildman–Crippen MR) is 116 cm³/mol. The molecule has 2 aromatic heterocycles. The third kappa shape index (κ3) is 5.85. The molecule has 0 aliphatic rings. The molecule has 0 aliphatic heterocycles. The van der Waals surface area contributed by atoms with Crippen LogP contribution in [0, 0.1) is 0 Å². The van der Waals surface area contributed by atoms with E-state index in [1.165, 1.54) is 24.4 Å². The topological polar surface area (TPSA) is 135 Å². The van der Waals surface area contributed by atoms with Crippen molar-refractivity contribution in [1.82, 2.24) is 4.98 Å². The van der Waals surface area contributed by atoms with Crippen molar-refractivity contribution < 1.29 is 27.9 Å². The monoisotopic (exact) mass is 501 g/mol. The van der Waals surface area contributed by atoms with Gasteiger partial charge >= 0.3 is 5.97 Å². The van der Waals surface area contributed by atoms with E-state index in [0.29, 0.717) is 0 Å². The number of amides is 1. The summed E-state index contributed by atoms with van der Waals surface area (Å²) in [5, 5.41) is 14.3. The number of aromatic hydroxyl groups is 1. The van der Waals surface area contributed by atoms with E-state index < -0.39 is 34.3 Å². The zero-order chi connectivity index (χ0) is 22.6. The lowest BCUT2D eigenvalue weighted by Crippen LogP contribution is -2.21. The van der Waals surface area contributed by atoms with Crippen LogP contribution in [0.25, 0.3) is 0 Å². The van der Waals surface area contributed by atoms with Gasteiger partial charge in [0.25, 0.3) is 15.9 Å². The fourth-order valence-corrected chi connectivity index (χ4v) is 4.74. The number of rotatable bonds is 7. The number of carbonyl (C=O) groups excluding carboxylic acids is 2. The van der Waals surface area contributed by atoms with E-state index in [0.717, 1.165) is 23.5 Å². The first-order valence-corrected chi connectivity index (χ1v) is 11.4. The number of aromatic nitrogens is 1. The van der Waals surface area contributed by atoms with Crippen LogP contribution in [0.15, 0.2) is 52.2 Å². The number of thiophene rings is 1. The number of nitrogens with zero attached hydrogens (tertiary/aromatic N) is 1. The Kier molecular flexibility index (Phi) is 7.01. The summed E-state index contributed by atoms with van der Waals surface area (Å²) < 4.78 is 31.9. The van der Waals surface area contributed by atoms with Gasteiger partial charge in [-0.15, -0.1) is 11.3 Å². The van der Waals surface area contributed by atoms with Gasteiger partial charge in [0.05, 0.1) is 10.0 Å². The molecule has 0 saturated heterocycles. The Hall–Kier alpha value is -2.86.